The minimum absolute atomic E-state index is 0.112. The smallest absolute Gasteiger partial charge is 0.147 e. The highest BCUT2D eigenvalue weighted by Gasteiger charge is 2.52. The first-order valence-corrected chi connectivity index (χ1v) is 9.46. The number of methoxy groups -OCH3 is 1. The van der Waals surface area contributed by atoms with E-state index in [2.05, 4.69) is 27.7 Å². The molecular weight excluding hydrogens is 288 g/mol. The van der Waals surface area contributed by atoms with Crippen molar-refractivity contribution in [3.63, 3.8) is 0 Å². The Bertz CT molecular complexity index is 404. The molecule has 0 aromatic carbocycles. The number of fused-ring (bicyclic) bond motifs is 1. The van der Waals surface area contributed by atoms with Gasteiger partial charge in [0.1, 0.15) is 12.6 Å². The van der Waals surface area contributed by atoms with Crippen molar-refractivity contribution in [2.75, 3.05) is 13.9 Å². The second-order valence-electron chi connectivity index (χ2n) is 8.74. The predicted octanol–water partition coefficient (Wildman–Crippen LogP) is 4.98. The van der Waals surface area contributed by atoms with Crippen molar-refractivity contribution in [1.82, 2.24) is 0 Å². The highest BCUT2D eigenvalue weighted by atomic mass is 16.7. The zero-order valence-corrected chi connectivity index (χ0v) is 15.8. The van der Waals surface area contributed by atoms with Crippen LogP contribution in [0.3, 0.4) is 0 Å². The zero-order valence-electron chi connectivity index (χ0n) is 15.8. The Kier molecular flexibility index (Phi) is 6.29. The maximum absolute atomic E-state index is 12.3. The Labute approximate surface area is 142 Å². The molecule has 0 heterocycles. The van der Waals surface area contributed by atoms with E-state index in [1.165, 1.54) is 25.7 Å². The first kappa shape index (κ1) is 18.9. The third-order valence-corrected chi connectivity index (χ3v) is 6.63. The molecule has 2 aliphatic carbocycles. The molecule has 0 aliphatic heterocycles. The van der Waals surface area contributed by atoms with E-state index in [0.29, 0.717) is 24.4 Å². The minimum Gasteiger partial charge on any atom is -0.359 e. The Morgan fingerprint density at radius 2 is 2.09 bits per heavy atom. The van der Waals surface area contributed by atoms with Crippen LogP contribution in [0.5, 0.6) is 0 Å². The summed E-state index contributed by atoms with van der Waals surface area (Å²) in [6.45, 7) is 9.45. The van der Waals surface area contributed by atoms with Crippen molar-refractivity contribution in [2.24, 2.45) is 23.2 Å². The molecule has 3 heteroatoms. The van der Waals surface area contributed by atoms with Crippen LogP contribution in [-0.4, -0.2) is 25.3 Å². The fourth-order valence-corrected chi connectivity index (χ4v) is 5.25. The molecule has 134 valence electrons. The van der Waals surface area contributed by atoms with Crippen LogP contribution in [0.25, 0.3) is 0 Å². The van der Waals surface area contributed by atoms with E-state index in [-0.39, 0.29) is 11.0 Å². The van der Waals surface area contributed by atoms with E-state index in [1.807, 2.05) is 0 Å². The third-order valence-electron chi connectivity index (χ3n) is 6.63. The van der Waals surface area contributed by atoms with Crippen LogP contribution in [0.4, 0.5) is 0 Å². The van der Waals surface area contributed by atoms with Crippen LogP contribution in [0.1, 0.15) is 79.1 Å². The summed E-state index contributed by atoms with van der Waals surface area (Å²) in [4.78, 5) is 12.3. The number of rotatable bonds is 8. The largest absolute Gasteiger partial charge is 0.359 e. The number of Topliss-reactive ketones (excluding diaryl/α,β-unsaturated/α-hetero) is 1. The van der Waals surface area contributed by atoms with Crippen LogP contribution >= 0.6 is 0 Å². The first-order chi connectivity index (χ1) is 10.8. The number of carbonyl (C=O) groups excluding carboxylic acids is 1. The van der Waals surface area contributed by atoms with Gasteiger partial charge in [0.15, 0.2) is 0 Å². The molecule has 0 N–H and O–H groups in total. The number of ether oxygens (including phenoxy) is 2. The summed E-state index contributed by atoms with van der Waals surface area (Å²) < 4.78 is 10.8. The van der Waals surface area contributed by atoms with Gasteiger partial charge in [0.2, 0.25) is 0 Å². The maximum atomic E-state index is 12.3. The Morgan fingerprint density at radius 3 is 2.78 bits per heavy atom. The van der Waals surface area contributed by atoms with Crippen molar-refractivity contribution in [1.29, 1.82) is 0 Å². The van der Waals surface area contributed by atoms with Crippen LogP contribution < -0.4 is 0 Å². The average Bonchev–Trinajstić information content (AvgIpc) is 2.83. The lowest BCUT2D eigenvalue weighted by Crippen LogP contribution is -2.39. The fourth-order valence-electron chi connectivity index (χ4n) is 5.25. The molecule has 0 amide bonds. The minimum atomic E-state index is -0.112. The SMILES string of the molecule is COCOC(C)(C)CCCC(C)C1CCC2C(=O)CCCC21C. The van der Waals surface area contributed by atoms with E-state index in [4.69, 9.17) is 9.47 Å². The molecule has 2 fully saturated rings. The van der Waals surface area contributed by atoms with E-state index in [0.717, 1.165) is 31.6 Å². The van der Waals surface area contributed by atoms with Crippen LogP contribution in [0.15, 0.2) is 0 Å². The van der Waals surface area contributed by atoms with Crippen molar-refractivity contribution in [3.05, 3.63) is 0 Å². The van der Waals surface area contributed by atoms with E-state index in [9.17, 15) is 4.79 Å². The van der Waals surface area contributed by atoms with E-state index < -0.39 is 0 Å². The standard InChI is InChI=1S/C20H36O3/c1-15(8-6-12-19(2,3)23-14-22-5)16-10-11-17-18(21)9-7-13-20(16,17)4/h15-17H,6-14H2,1-5H3. The topological polar surface area (TPSA) is 35.5 Å². The lowest BCUT2D eigenvalue weighted by atomic mass is 9.62. The molecule has 4 atom stereocenters. The molecule has 0 bridgehead atoms. The van der Waals surface area contributed by atoms with Gasteiger partial charge in [0, 0.05) is 19.4 Å². The molecule has 2 aliphatic rings. The van der Waals surface area contributed by atoms with Crippen LogP contribution in [0.2, 0.25) is 0 Å². The predicted molar refractivity (Wildman–Crippen MR) is 93.2 cm³/mol. The van der Waals surface area contributed by atoms with Crippen molar-refractivity contribution in [3.8, 4) is 0 Å². The molecule has 3 nitrogen and oxygen atoms in total. The summed E-state index contributed by atoms with van der Waals surface area (Å²) in [5.74, 6) is 2.32. The van der Waals surface area contributed by atoms with Crippen molar-refractivity contribution < 1.29 is 14.3 Å². The molecule has 4 unspecified atom stereocenters. The normalized spacial score (nSPS) is 32.8. The molecule has 2 rings (SSSR count). The van der Waals surface area contributed by atoms with Crippen molar-refractivity contribution in [2.45, 2.75) is 84.7 Å². The molecule has 0 saturated heterocycles. The summed E-state index contributed by atoms with van der Waals surface area (Å²) in [5, 5.41) is 0. The molecule has 23 heavy (non-hydrogen) atoms. The van der Waals surface area contributed by atoms with Gasteiger partial charge in [-0.15, -0.1) is 0 Å². The fraction of sp³-hybridized carbons (Fsp3) is 0.950. The van der Waals surface area contributed by atoms with Gasteiger partial charge in [0.25, 0.3) is 0 Å². The Hall–Kier alpha value is -0.410. The number of hydrogen-bond donors (Lipinski definition) is 0. The van der Waals surface area contributed by atoms with E-state index >= 15 is 0 Å². The summed E-state index contributed by atoms with van der Waals surface area (Å²) in [6.07, 6.45) is 9.04. The van der Waals surface area contributed by atoms with Gasteiger partial charge in [-0.05, 0) is 63.2 Å². The van der Waals surface area contributed by atoms with Gasteiger partial charge in [-0.3, -0.25) is 4.79 Å². The molecule has 2 saturated carbocycles. The summed E-state index contributed by atoms with van der Waals surface area (Å²) in [6, 6.07) is 0. The van der Waals surface area contributed by atoms with Crippen LogP contribution in [0, 0.1) is 23.2 Å². The average molecular weight is 325 g/mol. The molecular formula is C20H36O3. The number of hydrogen-bond acceptors (Lipinski definition) is 3. The monoisotopic (exact) mass is 324 g/mol. The maximum Gasteiger partial charge on any atom is 0.147 e. The summed E-state index contributed by atoms with van der Waals surface area (Å²) >= 11 is 0. The van der Waals surface area contributed by atoms with Gasteiger partial charge in [0.05, 0.1) is 5.60 Å². The Morgan fingerprint density at radius 1 is 1.35 bits per heavy atom. The van der Waals surface area contributed by atoms with Gasteiger partial charge in [-0.25, -0.2) is 0 Å². The highest BCUT2D eigenvalue weighted by molar-refractivity contribution is 5.83. The van der Waals surface area contributed by atoms with Gasteiger partial charge >= 0.3 is 0 Å². The lowest BCUT2D eigenvalue weighted by Gasteiger charge is -2.42. The Balaban J connectivity index is 1.84. The number of ketones is 1. The van der Waals surface area contributed by atoms with Gasteiger partial charge in [-0.2, -0.15) is 0 Å². The van der Waals surface area contributed by atoms with Gasteiger partial charge < -0.3 is 9.47 Å². The van der Waals surface area contributed by atoms with Gasteiger partial charge in [-0.1, -0.05) is 26.7 Å². The van der Waals surface area contributed by atoms with Crippen molar-refractivity contribution >= 4 is 5.78 Å². The lowest BCUT2D eigenvalue weighted by molar-refractivity contribution is -0.130. The number of carbonyl (C=O) groups is 1. The molecule has 0 spiro atoms. The molecule has 0 aromatic heterocycles. The summed E-state index contributed by atoms with van der Waals surface area (Å²) in [5.41, 5.74) is 0.162. The van der Waals surface area contributed by atoms with E-state index in [1.54, 1.807) is 7.11 Å². The first-order valence-electron chi connectivity index (χ1n) is 9.46. The second kappa shape index (κ2) is 7.65. The van der Waals surface area contributed by atoms with Crippen LogP contribution in [-0.2, 0) is 14.3 Å². The molecule has 0 radical (unpaired) electrons. The highest BCUT2D eigenvalue weighted by Crippen LogP contribution is 2.57. The molecule has 0 aromatic rings. The zero-order chi connectivity index (χ0) is 17.1. The quantitative estimate of drug-likeness (QED) is 0.591. The summed E-state index contributed by atoms with van der Waals surface area (Å²) in [7, 11) is 1.67. The third kappa shape index (κ3) is 4.36. The second-order valence-corrected chi connectivity index (χ2v) is 8.74.